The van der Waals surface area contributed by atoms with Crippen LogP contribution in [-0.2, 0) is 17.6 Å². The molecule has 1 aromatic carbocycles. The lowest BCUT2D eigenvalue weighted by molar-refractivity contribution is -0.137. The number of nitrogens with one attached hydrogen (secondary N) is 1. The molecule has 0 saturated heterocycles. The molecule has 5 nitrogen and oxygen atoms in total. The molecular weight excluding hydrogens is 447 g/mol. The van der Waals surface area contributed by atoms with Crippen molar-refractivity contribution >= 4 is 39.2 Å². The Labute approximate surface area is 184 Å². The SMILES string of the molecule is CC(Sc1nc2sc3c(c2c(=O)n1-c1ccccc1)CCCC3)C(=O)NCC(F)(F)F. The molecule has 1 amide bonds. The van der Waals surface area contributed by atoms with E-state index in [4.69, 9.17) is 4.98 Å². The van der Waals surface area contributed by atoms with Crippen LogP contribution in [0, 0.1) is 0 Å². The van der Waals surface area contributed by atoms with Gasteiger partial charge in [0.2, 0.25) is 5.91 Å². The maximum Gasteiger partial charge on any atom is 0.405 e. The molecule has 2 aromatic heterocycles. The minimum Gasteiger partial charge on any atom is -0.346 e. The first-order valence-electron chi connectivity index (χ1n) is 9.88. The molecule has 164 valence electrons. The van der Waals surface area contributed by atoms with E-state index in [1.165, 1.54) is 27.7 Å². The number of benzene rings is 1. The number of aryl methyl sites for hydroxylation is 2. The number of carbonyl (C=O) groups is 1. The van der Waals surface area contributed by atoms with E-state index in [0.29, 0.717) is 15.9 Å². The van der Waals surface area contributed by atoms with Crippen molar-refractivity contribution in [1.29, 1.82) is 0 Å². The van der Waals surface area contributed by atoms with Gasteiger partial charge in [0.25, 0.3) is 5.56 Å². The zero-order chi connectivity index (χ0) is 22.2. The Balaban J connectivity index is 1.77. The van der Waals surface area contributed by atoms with Gasteiger partial charge in [-0.25, -0.2) is 4.98 Å². The summed E-state index contributed by atoms with van der Waals surface area (Å²) >= 11 is 2.47. The third kappa shape index (κ3) is 4.64. The van der Waals surface area contributed by atoms with E-state index in [1.54, 1.807) is 24.3 Å². The molecule has 1 N–H and O–H groups in total. The van der Waals surface area contributed by atoms with E-state index in [9.17, 15) is 22.8 Å². The molecule has 0 bridgehead atoms. The standard InChI is InChI=1S/C21H20F3N3O2S2/c1-12(17(28)25-11-21(22,23)24)30-20-26-18-16(14-9-5-6-10-15(14)31-18)19(29)27(20)13-7-3-2-4-8-13/h2-4,7-8,12H,5-6,9-11H2,1H3,(H,25,28). The van der Waals surface area contributed by atoms with Crippen LogP contribution in [-0.4, -0.2) is 33.4 Å². The number of carbonyl (C=O) groups excluding carboxylic acids is 1. The first kappa shape index (κ1) is 21.9. The molecule has 3 aromatic rings. The minimum atomic E-state index is -4.49. The normalized spacial score (nSPS) is 15.0. The van der Waals surface area contributed by atoms with E-state index < -0.39 is 23.9 Å². The third-order valence-corrected chi connectivity index (χ3v) is 7.33. The van der Waals surface area contributed by atoms with Crippen LogP contribution in [0.2, 0.25) is 0 Å². The number of amides is 1. The predicted molar refractivity (Wildman–Crippen MR) is 116 cm³/mol. The second-order valence-electron chi connectivity index (χ2n) is 7.35. The highest BCUT2D eigenvalue weighted by Crippen LogP contribution is 2.35. The highest BCUT2D eigenvalue weighted by atomic mass is 32.2. The molecule has 31 heavy (non-hydrogen) atoms. The number of nitrogens with zero attached hydrogens (tertiary/aromatic N) is 2. The number of rotatable bonds is 5. The molecular formula is C21H20F3N3O2S2. The first-order valence-corrected chi connectivity index (χ1v) is 11.6. The van der Waals surface area contributed by atoms with Crippen LogP contribution in [0.5, 0.6) is 0 Å². The van der Waals surface area contributed by atoms with Gasteiger partial charge in [0.05, 0.1) is 16.3 Å². The highest BCUT2D eigenvalue weighted by Gasteiger charge is 2.30. The third-order valence-electron chi connectivity index (χ3n) is 5.09. The van der Waals surface area contributed by atoms with Crippen molar-refractivity contribution in [3.05, 3.63) is 51.1 Å². The Morgan fingerprint density at radius 2 is 1.97 bits per heavy atom. The van der Waals surface area contributed by atoms with Gasteiger partial charge in [0.15, 0.2) is 5.16 Å². The van der Waals surface area contributed by atoms with E-state index in [1.807, 2.05) is 11.4 Å². The zero-order valence-electron chi connectivity index (χ0n) is 16.7. The maximum atomic E-state index is 13.6. The average molecular weight is 468 g/mol. The Kier molecular flexibility index (Phi) is 6.11. The number of thiophene rings is 1. The summed E-state index contributed by atoms with van der Waals surface area (Å²) in [5, 5.41) is 1.93. The molecule has 10 heteroatoms. The lowest BCUT2D eigenvalue weighted by atomic mass is 9.97. The number of halogens is 3. The Bertz CT molecular complexity index is 1170. The topological polar surface area (TPSA) is 64.0 Å². The average Bonchev–Trinajstić information content (AvgIpc) is 3.10. The van der Waals surface area contributed by atoms with Crippen molar-refractivity contribution in [1.82, 2.24) is 14.9 Å². The molecule has 0 aliphatic heterocycles. The number of aromatic nitrogens is 2. The molecule has 1 unspecified atom stereocenters. The van der Waals surface area contributed by atoms with Gasteiger partial charge in [-0.15, -0.1) is 11.3 Å². The van der Waals surface area contributed by atoms with Gasteiger partial charge in [-0.1, -0.05) is 30.0 Å². The summed E-state index contributed by atoms with van der Waals surface area (Å²) in [5.74, 6) is -0.762. The highest BCUT2D eigenvalue weighted by molar-refractivity contribution is 8.00. The molecule has 4 rings (SSSR count). The number of hydrogen-bond donors (Lipinski definition) is 1. The van der Waals surface area contributed by atoms with Crippen molar-refractivity contribution in [3.8, 4) is 5.69 Å². The van der Waals surface area contributed by atoms with Crippen molar-refractivity contribution < 1.29 is 18.0 Å². The molecule has 0 fully saturated rings. The van der Waals surface area contributed by atoms with Crippen LogP contribution >= 0.6 is 23.1 Å². The van der Waals surface area contributed by atoms with E-state index in [-0.39, 0.29) is 10.7 Å². The van der Waals surface area contributed by atoms with Crippen LogP contribution in [0.1, 0.15) is 30.2 Å². The second-order valence-corrected chi connectivity index (χ2v) is 9.75. The molecule has 0 radical (unpaired) electrons. The lowest BCUT2D eigenvalue weighted by Gasteiger charge is -2.16. The van der Waals surface area contributed by atoms with Gasteiger partial charge in [-0.05, 0) is 50.3 Å². The maximum absolute atomic E-state index is 13.6. The number of thioether (sulfide) groups is 1. The van der Waals surface area contributed by atoms with Gasteiger partial charge >= 0.3 is 6.18 Å². The van der Waals surface area contributed by atoms with Crippen LogP contribution in [0.4, 0.5) is 13.2 Å². The smallest absolute Gasteiger partial charge is 0.346 e. The molecule has 2 heterocycles. The number of hydrogen-bond acceptors (Lipinski definition) is 5. The van der Waals surface area contributed by atoms with Crippen LogP contribution < -0.4 is 10.9 Å². The summed E-state index contributed by atoms with van der Waals surface area (Å²) in [7, 11) is 0. The fourth-order valence-corrected chi connectivity index (χ4v) is 5.87. The van der Waals surface area contributed by atoms with Crippen molar-refractivity contribution in [3.63, 3.8) is 0 Å². The summed E-state index contributed by atoms with van der Waals surface area (Å²) in [6.07, 6.45) is -0.635. The number of para-hydroxylation sites is 1. The van der Waals surface area contributed by atoms with E-state index >= 15 is 0 Å². The Hall–Kier alpha value is -2.33. The van der Waals surface area contributed by atoms with Crippen LogP contribution in [0.25, 0.3) is 15.9 Å². The summed E-state index contributed by atoms with van der Waals surface area (Å²) in [6, 6.07) is 8.96. The summed E-state index contributed by atoms with van der Waals surface area (Å²) in [6.45, 7) is 0.105. The van der Waals surface area contributed by atoms with E-state index in [0.717, 1.165) is 43.0 Å². The molecule has 1 aliphatic carbocycles. The summed E-state index contributed by atoms with van der Waals surface area (Å²) < 4.78 is 38.8. The monoisotopic (exact) mass is 467 g/mol. The van der Waals surface area contributed by atoms with Crippen LogP contribution in [0.3, 0.4) is 0 Å². The largest absolute Gasteiger partial charge is 0.405 e. The van der Waals surface area contributed by atoms with E-state index in [2.05, 4.69) is 0 Å². The first-order chi connectivity index (χ1) is 14.7. The van der Waals surface area contributed by atoms with Gasteiger partial charge < -0.3 is 5.32 Å². The Morgan fingerprint density at radius 3 is 2.68 bits per heavy atom. The fourth-order valence-electron chi connectivity index (χ4n) is 3.61. The van der Waals surface area contributed by atoms with Crippen molar-refractivity contribution in [2.75, 3.05) is 6.54 Å². The lowest BCUT2D eigenvalue weighted by Crippen LogP contribution is -2.38. The van der Waals surface area contributed by atoms with Gasteiger partial charge in [-0.3, -0.25) is 14.2 Å². The van der Waals surface area contributed by atoms with Crippen molar-refractivity contribution in [2.45, 2.75) is 49.2 Å². The zero-order valence-corrected chi connectivity index (χ0v) is 18.3. The molecule has 1 aliphatic rings. The number of fused-ring (bicyclic) bond motifs is 3. The molecule has 0 spiro atoms. The van der Waals surface area contributed by atoms with Gasteiger partial charge in [0, 0.05) is 4.88 Å². The molecule has 0 saturated carbocycles. The van der Waals surface area contributed by atoms with Gasteiger partial charge in [0.1, 0.15) is 11.4 Å². The fraction of sp³-hybridized carbons (Fsp3) is 0.381. The van der Waals surface area contributed by atoms with Crippen LogP contribution in [0.15, 0.2) is 40.3 Å². The quantitative estimate of drug-likeness (QED) is 0.444. The molecule has 1 atom stereocenters. The summed E-state index contributed by atoms with van der Waals surface area (Å²) in [5.41, 5.74) is 1.45. The number of alkyl halides is 3. The predicted octanol–water partition coefficient (Wildman–Crippen LogP) is 4.49. The minimum absolute atomic E-state index is 0.207. The summed E-state index contributed by atoms with van der Waals surface area (Å²) in [4.78, 5) is 32.2. The Morgan fingerprint density at radius 1 is 1.26 bits per heavy atom. The van der Waals surface area contributed by atoms with Crippen molar-refractivity contribution in [2.24, 2.45) is 0 Å². The second kappa shape index (κ2) is 8.66. The van der Waals surface area contributed by atoms with Gasteiger partial charge in [-0.2, -0.15) is 13.2 Å².